The lowest BCUT2D eigenvalue weighted by atomic mass is 10.1. The van der Waals surface area contributed by atoms with Gasteiger partial charge in [0, 0.05) is 42.7 Å². The zero-order valence-corrected chi connectivity index (χ0v) is 17.9. The monoisotopic (exact) mass is 374 g/mol. The van der Waals surface area contributed by atoms with Gasteiger partial charge in [-0.15, -0.1) is 0 Å². The zero-order chi connectivity index (χ0) is 18.4. The molecule has 2 unspecified atom stereocenters. The number of rotatable bonds is 10. The first-order chi connectivity index (χ1) is 11.4. The summed E-state index contributed by atoms with van der Waals surface area (Å²) in [6, 6.07) is 8.23. The van der Waals surface area contributed by atoms with Crippen LogP contribution in [-0.2, 0) is 26.6 Å². The summed E-state index contributed by atoms with van der Waals surface area (Å²) in [6.07, 6.45) is 0. The molecule has 0 radical (unpaired) electrons. The Morgan fingerprint density at radius 2 is 0.917 bits per heavy atom. The van der Waals surface area contributed by atoms with Gasteiger partial charge in [-0.25, -0.2) is 0 Å². The minimum absolute atomic E-state index is 0.00616. The maximum absolute atomic E-state index is 5.61. The lowest BCUT2D eigenvalue weighted by molar-refractivity contribution is 0.114. The smallest absolute Gasteiger partial charge is 0.376 e. The molecule has 6 nitrogen and oxygen atoms in total. The van der Waals surface area contributed by atoms with Crippen LogP contribution in [0.25, 0.3) is 0 Å². The topological polar surface area (TPSA) is 55.4 Å². The highest BCUT2D eigenvalue weighted by atomic mass is 28.4. The van der Waals surface area contributed by atoms with E-state index >= 15 is 0 Å². The fourth-order valence-corrected chi connectivity index (χ4v) is 7.36. The Bertz CT molecular complexity index is 447. The molecule has 0 heterocycles. The van der Waals surface area contributed by atoms with E-state index in [0.29, 0.717) is 0 Å². The Kier molecular flexibility index (Phi) is 8.23. The van der Waals surface area contributed by atoms with Gasteiger partial charge in [0.05, 0.1) is 11.1 Å². The molecule has 0 aliphatic heterocycles. The summed E-state index contributed by atoms with van der Waals surface area (Å²) in [5.74, 6) is 0. The highest BCUT2D eigenvalue weighted by Gasteiger charge is 2.47. The second-order valence-corrected chi connectivity index (χ2v) is 12.1. The van der Waals surface area contributed by atoms with Crippen LogP contribution in [0.5, 0.6) is 0 Å². The van der Waals surface area contributed by atoms with E-state index < -0.39 is 17.6 Å². The van der Waals surface area contributed by atoms with Crippen molar-refractivity contribution in [2.45, 2.75) is 24.9 Å². The van der Waals surface area contributed by atoms with Crippen LogP contribution in [0.4, 0.5) is 0 Å². The normalized spacial score (nSPS) is 15.3. The molecule has 0 saturated heterocycles. The van der Waals surface area contributed by atoms with E-state index in [1.165, 1.54) is 0 Å². The van der Waals surface area contributed by atoms with E-state index in [2.05, 4.69) is 32.0 Å². The average molecular weight is 375 g/mol. The van der Waals surface area contributed by atoms with Crippen LogP contribution in [0.1, 0.15) is 36.1 Å². The standard InChI is InChI=1S/C16H30O6Si2/c1-13(23(17-3,18-4)19-5)15-10-9-11-16(12-15)14(2)24(20-6,21-7)22-8/h9-14H,1-8H3. The molecule has 24 heavy (non-hydrogen) atoms. The molecular weight excluding hydrogens is 344 g/mol. The van der Waals surface area contributed by atoms with Gasteiger partial charge in [0.25, 0.3) is 0 Å². The first-order valence-electron chi connectivity index (χ1n) is 7.81. The van der Waals surface area contributed by atoms with Crippen LogP contribution < -0.4 is 0 Å². The predicted octanol–water partition coefficient (Wildman–Crippen LogP) is 2.73. The van der Waals surface area contributed by atoms with Gasteiger partial charge in [-0.1, -0.05) is 38.1 Å². The van der Waals surface area contributed by atoms with Gasteiger partial charge in [0.2, 0.25) is 0 Å². The van der Waals surface area contributed by atoms with Gasteiger partial charge in [-0.3, -0.25) is 0 Å². The Balaban J connectivity index is 3.23. The Morgan fingerprint density at radius 3 is 1.17 bits per heavy atom. The second-order valence-electron chi connectivity index (χ2n) is 5.55. The van der Waals surface area contributed by atoms with Crippen molar-refractivity contribution in [3.05, 3.63) is 35.4 Å². The molecule has 0 aliphatic rings. The minimum atomic E-state index is -2.77. The first kappa shape index (κ1) is 21.5. The highest BCUT2D eigenvalue weighted by molar-refractivity contribution is 6.62. The summed E-state index contributed by atoms with van der Waals surface area (Å²) < 4.78 is 33.7. The number of hydrogen-bond donors (Lipinski definition) is 0. The van der Waals surface area contributed by atoms with Crippen LogP contribution in [0.15, 0.2) is 24.3 Å². The lowest BCUT2D eigenvalue weighted by Crippen LogP contribution is -2.49. The fraction of sp³-hybridized carbons (Fsp3) is 0.625. The molecule has 1 rings (SSSR count). The van der Waals surface area contributed by atoms with Crippen LogP contribution in [0.3, 0.4) is 0 Å². The fourth-order valence-electron chi connectivity index (χ4n) is 3.07. The SMILES string of the molecule is CO[Si](OC)(OC)C(C)c1cccc(C(C)[Si](OC)(OC)OC)c1. The van der Waals surface area contributed by atoms with Crippen molar-refractivity contribution >= 4 is 17.6 Å². The van der Waals surface area contributed by atoms with Gasteiger partial charge < -0.3 is 26.6 Å². The molecule has 138 valence electrons. The van der Waals surface area contributed by atoms with Crippen LogP contribution >= 0.6 is 0 Å². The van der Waals surface area contributed by atoms with Crippen molar-refractivity contribution in [2.24, 2.45) is 0 Å². The average Bonchev–Trinajstić information content (AvgIpc) is 2.65. The van der Waals surface area contributed by atoms with Crippen molar-refractivity contribution in [1.29, 1.82) is 0 Å². The molecule has 2 atom stereocenters. The van der Waals surface area contributed by atoms with E-state index in [-0.39, 0.29) is 11.1 Å². The van der Waals surface area contributed by atoms with Crippen LogP contribution in [-0.4, -0.2) is 60.3 Å². The third-order valence-corrected chi connectivity index (χ3v) is 10.9. The van der Waals surface area contributed by atoms with E-state index in [1.807, 2.05) is 6.07 Å². The van der Waals surface area contributed by atoms with Gasteiger partial charge >= 0.3 is 17.6 Å². The number of benzene rings is 1. The summed E-state index contributed by atoms with van der Waals surface area (Å²) in [5, 5.41) is 0. The summed E-state index contributed by atoms with van der Waals surface area (Å²) >= 11 is 0. The van der Waals surface area contributed by atoms with Crippen molar-refractivity contribution < 1.29 is 26.6 Å². The van der Waals surface area contributed by atoms with Gasteiger partial charge in [0.1, 0.15) is 0 Å². The Morgan fingerprint density at radius 1 is 0.625 bits per heavy atom. The molecule has 0 amide bonds. The second kappa shape index (κ2) is 9.21. The predicted molar refractivity (Wildman–Crippen MR) is 96.8 cm³/mol. The largest absolute Gasteiger partial charge is 0.507 e. The summed E-state index contributed by atoms with van der Waals surface area (Å²) in [6.45, 7) is 4.11. The molecule has 0 N–H and O–H groups in total. The Labute approximate surface area is 147 Å². The molecule has 1 aromatic carbocycles. The molecule has 0 spiro atoms. The third-order valence-electron chi connectivity index (χ3n) is 4.68. The van der Waals surface area contributed by atoms with Crippen molar-refractivity contribution in [1.82, 2.24) is 0 Å². The van der Waals surface area contributed by atoms with Gasteiger partial charge in [-0.2, -0.15) is 0 Å². The van der Waals surface area contributed by atoms with E-state index in [4.69, 9.17) is 26.6 Å². The van der Waals surface area contributed by atoms with E-state index in [0.717, 1.165) is 11.1 Å². The van der Waals surface area contributed by atoms with Crippen molar-refractivity contribution in [3.63, 3.8) is 0 Å². The lowest BCUT2D eigenvalue weighted by Gasteiger charge is -2.32. The molecule has 1 aromatic rings. The maximum Gasteiger partial charge on any atom is 0.507 e. The molecule has 0 fully saturated rings. The molecule has 0 aliphatic carbocycles. The van der Waals surface area contributed by atoms with Crippen molar-refractivity contribution in [2.75, 3.05) is 42.7 Å². The molecule has 8 heteroatoms. The Hall–Kier alpha value is -0.586. The first-order valence-corrected chi connectivity index (χ1v) is 11.4. The van der Waals surface area contributed by atoms with Crippen LogP contribution in [0, 0.1) is 0 Å². The quantitative estimate of drug-likeness (QED) is 0.587. The molecule has 0 aromatic heterocycles. The molecular formula is C16H30O6Si2. The maximum atomic E-state index is 5.61. The highest BCUT2D eigenvalue weighted by Crippen LogP contribution is 2.33. The summed E-state index contributed by atoms with van der Waals surface area (Å²) in [4.78, 5) is 0. The van der Waals surface area contributed by atoms with E-state index in [1.54, 1.807) is 42.7 Å². The van der Waals surface area contributed by atoms with E-state index in [9.17, 15) is 0 Å². The third kappa shape index (κ3) is 3.97. The minimum Gasteiger partial charge on any atom is -0.376 e. The van der Waals surface area contributed by atoms with Gasteiger partial charge in [0.15, 0.2) is 0 Å². The number of hydrogen-bond acceptors (Lipinski definition) is 6. The van der Waals surface area contributed by atoms with Crippen LogP contribution in [0.2, 0.25) is 0 Å². The van der Waals surface area contributed by atoms with Gasteiger partial charge in [-0.05, 0) is 11.1 Å². The van der Waals surface area contributed by atoms with Crippen molar-refractivity contribution in [3.8, 4) is 0 Å². The zero-order valence-electron chi connectivity index (χ0n) is 15.9. The summed E-state index contributed by atoms with van der Waals surface area (Å²) in [5.41, 5.74) is 2.16. The molecule has 0 saturated carbocycles. The summed E-state index contributed by atoms with van der Waals surface area (Å²) in [7, 11) is 4.21. The molecule has 0 bridgehead atoms.